The predicted octanol–water partition coefficient (Wildman–Crippen LogP) is 2.14. The maximum absolute atomic E-state index is 12.0. The first-order valence-corrected chi connectivity index (χ1v) is 6.15. The third kappa shape index (κ3) is 2.21. The van der Waals surface area contributed by atoms with Crippen LogP contribution in [0.1, 0.15) is 15.9 Å². The molecule has 0 unspecified atom stereocenters. The average molecular weight is 268 g/mol. The SMILES string of the molecule is O=C1Cc2cc(NC(=O)c3ccccc3O)ccc2N1. The molecule has 2 aromatic rings. The van der Waals surface area contributed by atoms with Gasteiger partial charge in [-0.2, -0.15) is 0 Å². The number of phenolic OH excluding ortho intramolecular Hbond substituents is 1. The van der Waals surface area contributed by atoms with Crippen molar-refractivity contribution in [1.82, 2.24) is 0 Å². The van der Waals surface area contributed by atoms with Gasteiger partial charge in [-0.25, -0.2) is 0 Å². The Morgan fingerprint density at radius 1 is 1.20 bits per heavy atom. The molecule has 1 aliphatic rings. The predicted molar refractivity (Wildman–Crippen MR) is 74.8 cm³/mol. The molecule has 2 aromatic carbocycles. The van der Waals surface area contributed by atoms with Gasteiger partial charge < -0.3 is 15.7 Å². The summed E-state index contributed by atoms with van der Waals surface area (Å²) in [7, 11) is 0. The number of anilines is 2. The van der Waals surface area contributed by atoms with Gasteiger partial charge in [-0.15, -0.1) is 0 Å². The highest BCUT2D eigenvalue weighted by molar-refractivity contribution is 6.06. The molecule has 20 heavy (non-hydrogen) atoms. The van der Waals surface area contributed by atoms with Crippen molar-refractivity contribution in [1.29, 1.82) is 0 Å². The minimum atomic E-state index is -0.389. The molecule has 2 amide bonds. The van der Waals surface area contributed by atoms with Gasteiger partial charge in [-0.1, -0.05) is 12.1 Å². The number of rotatable bonds is 2. The number of aromatic hydroxyl groups is 1. The number of benzene rings is 2. The molecule has 0 radical (unpaired) electrons. The summed E-state index contributed by atoms with van der Waals surface area (Å²) in [5, 5.41) is 15.1. The largest absolute Gasteiger partial charge is 0.507 e. The van der Waals surface area contributed by atoms with Crippen molar-refractivity contribution in [3.8, 4) is 5.75 Å². The molecule has 0 spiro atoms. The first-order valence-electron chi connectivity index (χ1n) is 6.15. The molecule has 0 saturated heterocycles. The van der Waals surface area contributed by atoms with Gasteiger partial charge in [-0.3, -0.25) is 9.59 Å². The van der Waals surface area contributed by atoms with E-state index in [1.807, 2.05) is 0 Å². The number of fused-ring (bicyclic) bond motifs is 1. The number of phenols is 1. The van der Waals surface area contributed by atoms with Gasteiger partial charge in [-0.05, 0) is 35.9 Å². The first kappa shape index (κ1) is 12.2. The lowest BCUT2D eigenvalue weighted by molar-refractivity contribution is -0.115. The molecule has 5 heteroatoms. The van der Waals surface area contributed by atoms with Crippen molar-refractivity contribution in [3.05, 3.63) is 53.6 Å². The van der Waals surface area contributed by atoms with E-state index in [0.29, 0.717) is 12.1 Å². The zero-order chi connectivity index (χ0) is 14.1. The van der Waals surface area contributed by atoms with E-state index in [0.717, 1.165) is 11.3 Å². The van der Waals surface area contributed by atoms with Gasteiger partial charge in [0, 0.05) is 11.4 Å². The molecule has 0 aromatic heterocycles. The third-order valence-corrected chi connectivity index (χ3v) is 3.14. The van der Waals surface area contributed by atoms with Crippen LogP contribution in [0.25, 0.3) is 0 Å². The Morgan fingerprint density at radius 3 is 2.80 bits per heavy atom. The fraction of sp³-hybridized carbons (Fsp3) is 0.0667. The summed E-state index contributed by atoms with van der Waals surface area (Å²) < 4.78 is 0. The van der Waals surface area contributed by atoms with Gasteiger partial charge in [0.05, 0.1) is 12.0 Å². The summed E-state index contributed by atoms with van der Waals surface area (Å²) in [5.41, 5.74) is 2.43. The van der Waals surface area contributed by atoms with Gasteiger partial charge >= 0.3 is 0 Å². The fourth-order valence-corrected chi connectivity index (χ4v) is 2.17. The van der Waals surface area contributed by atoms with Crippen LogP contribution in [-0.4, -0.2) is 16.9 Å². The Kier molecular flexibility index (Phi) is 2.87. The van der Waals surface area contributed by atoms with Crippen molar-refractivity contribution in [3.63, 3.8) is 0 Å². The topological polar surface area (TPSA) is 78.4 Å². The van der Waals surface area contributed by atoms with Crippen LogP contribution < -0.4 is 10.6 Å². The Hall–Kier alpha value is -2.82. The van der Waals surface area contributed by atoms with E-state index in [1.165, 1.54) is 6.07 Å². The smallest absolute Gasteiger partial charge is 0.259 e. The van der Waals surface area contributed by atoms with Gasteiger partial charge in [0.2, 0.25) is 5.91 Å². The summed E-state index contributed by atoms with van der Waals surface area (Å²) in [5.74, 6) is -0.507. The van der Waals surface area contributed by atoms with Crippen LogP contribution in [0, 0.1) is 0 Å². The minimum absolute atomic E-state index is 0.0517. The number of carbonyl (C=O) groups excluding carboxylic acids is 2. The lowest BCUT2D eigenvalue weighted by atomic mass is 10.1. The van der Waals surface area contributed by atoms with Crippen LogP contribution in [0.4, 0.5) is 11.4 Å². The standard InChI is InChI=1S/C15H12N2O3/c18-13-4-2-1-3-11(13)15(20)16-10-5-6-12-9(7-10)8-14(19)17-12/h1-7,18H,8H2,(H,16,20)(H,17,19). The highest BCUT2D eigenvalue weighted by atomic mass is 16.3. The molecule has 100 valence electrons. The molecule has 1 heterocycles. The zero-order valence-corrected chi connectivity index (χ0v) is 10.5. The average Bonchev–Trinajstić information content (AvgIpc) is 2.78. The van der Waals surface area contributed by atoms with Crippen LogP contribution >= 0.6 is 0 Å². The van der Waals surface area contributed by atoms with Crippen molar-refractivity contribution in [2.45, 2.75) is 6.42 Å². The van der Waals surface area contributed by atoms with E-state index in [-0.39, 0.29) is 23.1 Å². The van der Waals surface area contributed by atoms with Crippen LogP contribution in [0.3, 0.4) is 0 Å². The van der Waals surface area contributed by atoms with Crippen LogP contribution in [0.5, 0.6) is 5.75 Å². The van der Waals surface area contributed by atoms with Gasteiger partial charge in [0.1, 0.15) is 5.75 Å². The summed E-state index contributed by atoms with van der Waals surface area (Å²) in [4.78, 5) is 23.3. The second-order valence-electron chi connectivity index (χ2n) is 4.57. The molecule has 0 fully saturated rings. The molecule has 3 N–H and O–H groups in total. The number of para-hydroxylation sites is 1. The quantitative estimate of drug-likeness (QED) is 0.780. The highest BCUT2D eigenvalue weighted by Crippen LogP contribution is 2.26. The van der Waals surface area contributed by atoms with E-state index in [1.54, 1.807) is 36.4 Å². The summed E-state index contributed by atoms with van der Waals surface area (Å²) in [6.45, 7) is 0. The molecule has 0 saturated carbocycles. The van der Waals surface area contributed by atoms with Crippen molar-refractivity contribution >= 4 is 23.2 Å². The molecule has 3 rings (SSSR count). The first-order chi connectivity index (χ1) is 9.63. The Bertz CT molecular complexity index is 710. The van der Waals surface area contributed by atoms with E-state index in [2.05, 4.69) is 10.6 Å². The number of hydrogen-bond donors (Lipinski definition) is 3. The summed E-state index contributed by atoms with van der Waals surface area (Å²) in [6.07, 6.45) is 0.315. The Morgan fingerprint density at radius 2 is 2.00 bits per heavy atom. The highest BCUT2D eigenvalue weighted by Gasteiger charge is 2.18. The number of nitrogens with one attached hydrogen (secondary N) is 2. The summed E-state index contributed by atoms with van der Waals surface area (Å²) in [6, 6.07) is 11.6. The fourth-order valence-electron chi connectivity index (χ4n) is 2.17. The molecule has 0 bridgehead atoms. The van der Waals surface area contributed by atoms with E-state index in [4.69, 9.17) is 0 Å². The third-order valence-electron chi connectivity index (χ3n) is 3.14. The van der Waals surface area contributed by atoms with Crippen LogP contribution in [-0.2, 0) is 11.2 Å². The van der Waals surface area contributed by atoms with E-state index >= 15 is 0 Å². The minimum Gasteiger partial charge on any atom is -0.507 e. The van der Waals surface area contributed by atoms with Crippen molar-refractivity contribution in [2.24, 2.45) is 0 Å². The number of amides is 2. The normalized spacial score (nSPS) is 12.7. The lowest BCUT2D eigenvalue weighted by Crippen LogP contribution is -2.12. The zero-order valence-electron chi connectivity index (χ0n) is 10.5. The molecular weight excluding hydrogens is 256 g/mol. The van der Waals surface area contributed by atoms with Crippen LogP contribution in [0.2, 0.25) is 0 Å². The summed E-state index contributed by atoms with van der Waals surface area (Å²) >= 11 is 0. The van der Waals surface area contributed by atoms with Gasteiger partial charge in [0.15, 0.2) is 0 Å². The monoisotopic (exact) mass is 268 g/mol. The molecule has 0 aliphatic carbocycles. The molecule has 5 nitrogen and oxygen atoms in total. The number of hydrogen-bond acceptors (Lipinski definition) is 3. The van der Waals surface area contributed by atoms with E-state index in [9.17, 15) is 14.7 Å². The molecule has 1 aliphatic heterocycles. The van der Waals surface area contributed by atoms with E-state index < -0.39 is 0 Å². The maximum Gasteiger partial charge on any atom is 0.259 e. The second-order valence-corrected chi connectivity index (χ2v) is 4.57. The molecule has 0 atom stereocenters. The van der Waals surface area contributed by atoms with Crippen molar-refractivity contribution in [2.75, 3.05) is 10.6 Å². The van der Waals surface area contributed by atoms with Crippen molar-refractivity contribution < 1.29 is 14.7 Å². The Labute approximate surface area is 115 Å². The maximum atomic E-state index is 12.0. The number of carbonyl (C=O) groups is 2. The van der Waals surface area contributed by atoms with Crippen LogP contribution in [0.15, 0.2) is 42.5 Å². The lowest BCUT2D eigenvalue weighted by Gasteiger charge is -2.08. The second kappa shape index (κ2) is 4.70. The Balaban J connectivity index is 1.82. The van der Waals surface area contributed by atoms with Gasteiger partial charge in [0.25, 0.3) is 5.91 Å². The molecular formula is C15H12N2O3.